The van der Waals surface area contributed by atoms with E-state index in [1.165, 1.54) is 19.3 Å². The van der Waals surface area contributed by atoms with Crippen molar-refractivity contribution in [3.8, 4) is 0 Å². The van der Waals surface area contributed by atoms with Crippen molar-refractivity contribution in [1.29, 1.82) is 0 Å². The number of hydrogen-bond acceptors (Lipinski definition) is 2. The molecule has 2 unspecified atom stereocenters. The molecule has 0 radical (unpaired) electrons. The van der Waals surface area contributed by atoms with E-state index in [1.807, 2.05) is 30.0 Å². The topological polar surface area (TPSA) is 26.0 Å². The lowest BCUT2D eigenvalue weighted by atomic mass is 9.83. The van der Waals surface area contributed by atoms with Gasteiger partial charge in [0.25, 0.3) is 0 Å². The van der Waals surface area contributed by atoms with Gasteiger partial charge in [0.05, 0.1) is 0 Å². The molecule has 0 spiro atoms. The number of halogens is 1. The van der Waals surface area contributed by atoms with Crippen molar-refractivity contribution < 1.29 is 0 Å². The molecule has 0 aromatic heterocycles. The molecule has 2 atom stereocenters. The van der Waals surface area contributed by atoms with E-state index < -0.39 is 0 Å². The molecule has 17 heavy (non-hydrogen) atoms. The number of nitrogens with two attached hydrogens (primary N) is 1. The molecule has 0 amide bonds. The average Bonchev–Trinajstić information content (AvgIpc) is 2.22. The molecule has 94 valence electrons. The smallest absolute Gasteiger partial charge is 0.0453 e. The number of anilines is 1. The SMILES string of the molecule is CC1CC(C)CC(Sc2cc(Cl)ccc2N)C1. The lowest BCUT2D eigenvalue weighted by Crippen LogP contribution is -2.21. The maximum Gasteiger partial charge on any atom is 0.0453 e. The Morgan fingerprint density at radius 3 is 2.47 bits per heavy atom. The van der Waals surface area contributed by atoms with Gasteiger partial charge in [-0.15, -0.1) is 11.8 Å². The van der Waals surface area contributed by atoms with E-state index in [4.69, 9.17) is 17.3 Å². The van der Waals surface area contributed by atoms with Gasteiger partial charge in [-0.05, 0) is 49.3 Å². The van der Waals surface area contributed by atoms with Crippen molar-refractivity contribution in [2.75, 3.05) is 5.73 Å². The quantitative estimate of drug-likeness (QED) is 0.778. The maximum absolute atomic E-state index is 6.02. The first-order valence-electron chi connectivity index (χ1n) is 6.26. The zero-order valence-corrected chi connectivity index (χ0v) is 12.0. The van der Waals surface area contributed by atoms with Crippen molar-refractivity contribution in [2.24, 2.45) is 11.8 Å². The van der Waals surface area contributed by atoms with Crippen molar-refractivity contribution >= 4 is 29.1 Å². The van der Waals surface area contributed by atoms with Crippen molar-refractivity contribution in [1.82, 2.24) is 0 Å². The lowest BCUT2D eigenvalue weighted by Gasteiger charge is -2.31. The average molecular weight is 270 g/mol. The first-order valence-corrected chi connectivity index (χ1v) is 7.52. The summed E-state index contributed by atoms with van der Waals surface area (Å²) >= 11 is 7.93. The highest BCUT2D eigenvalue weighted by molar-refractivity contribution is 8.00. The molecule has 1 nitrogen and oxygen atoms in total. The van der Waals surface area contributed by atoms with Crippen LogP contribution in [0.4, 0.5) is 5.69 Å². The van der Waals surface area contributed by atoms with Crippen molar-refractivity contribution in [3.63, 3.8) is 0 Å². The zero-order chi connectivity index (χ0) is 12.4. The fourth-order valence-electron chi connectivity index (χ4n) is 2.76. The standard InChI is InChI=1S/C14H20ClNS/c1-9-5-10(2)7-12(6-9)17-14-8-11(15)3-4-13(14)16/h3-4,8-10,12H,5-7,16H2,1-2H3. The molecule has 3 heteroatoms. The van der Waals surface area contributed by atoms with E-state index in [0.717, 1.165) is 27.4 Å². The molecule has 0 bridgehead atoms. The van der Waals surface area contributed by atoms with Crippen LogP contribution in [0, 0.1) is 11.8 Å². The molecule has 2 N–H and O–H groups in total. The number of benzene rings is 1. The number of rotatable bonds is 2. The van der Waals surface area contributed by atoms with Crippen LogP contribution in [0.25, 0.3) is 0 Å². The molecular formula is C14H20ClNS. The van der Waals surface area contributed by atoms with E-state index >= 15 is 0 Å². The molecule has 2 rings (SSSR count). The highest BCUT2D eigenvalue weighted by atomic mass is 35.5. The molecule has 1 fully saturated rings. The van der Waals surface area contributed by atoms with Crippen LogP contribution in [0.3, 0.4) is 0 Å². The van der Waals surface area contributed by atoms with Crippen molar-refractivity contribution in [2.45, 2.75) is 43.3 Å². The molecule has 0 aliphatic heterocycles. The molecule has 1 aliphatic rings. The molecule has 1 aromatic rings. The van der Waals surface area contributed by atoms with Crippen LogP contribution in [-0.4, -0.2) is 5.25 Å². The number of nitrogen functional groups attached to an aromatic ring is 1. The Morgan fingerprint density at radius 2 is 1.82 bits per heavy atom. The molecule has 0 heterocycles. The monoisotopic (exact) mass is 269 g/mol. The van der Waals surface area contributed by atoms with Gasteiger partial charge in [-0.1, -0.05) is 25.4 Å². The van der Waals surface area contributed by atoms with E-state index in [-0.39, 0.29) is 0 Å². The van der Waals surface area contributed by atoms with Gasteiger partial charge < -0.3 is 5.73 Å². The van der Waals surface area contributed by atoms with E-state index in [9.17, 15) is 0 Å². The van der Waals surface area contributed by atoms with Crippen LogP contribution in [0.2, 0.25) is 5.02 Å². The minimum atomic E-state index is 0.689. The Morgan fingerprint density at radius 1 is 1.18 bits per heavy atom. The third-order valence-electron chi connectivity index (χ3n) is 3.40. The second-order valence-electron chi connectivity index (χ2n) is 5.34. The van der Waals surface area contributed by atoms with Crippen LogP contribution >= 0.6 is 23.4 Å². The fourth-order valence-corrected chi connectivity index (χ4v) is 4.60. The second kappa shape index (κ2) is 5.53. The van der Waals surface area contributed by atoms with Gasteiger partial charge in [0.15, 0.2) is 0 Å². The third kappa shape index (κ3) is 3.56. The Hall–Kier alpha value is -0.340. The highest BCUT2D eigenvalue weighted by Crippen LogP contribution is 2.40. The summed E-state index contributed by atoms with van der Waals surface area (Å²) in [6, 6.07) is 5.75. The summed E-state index contributed by atoms with van der Waals surface area (Å²) < 4.78 is 0. The zero-order valence-electron chi connectivity index (χ0n) is 10.4. The van der Waals surface area contributed by atoms with Crippen LogP contribution in [0.5, 0.6) is 0 Å². The third-order valence-corrected chi connectivity index (χ3v) is 4.97. The summed E-state index contributed by atoms with van der Waals surface area (Å²) in [7, 11) is 0. The van der Waals surface area contributed by atoms with Crippen LogP contribution in [-0.2, 0) is 0 Å². The Labute approximate surface area is 113 Å². The maximum atomic E-state index is 6.02. The highest BCUT2D eigenvalue weighted by Gasteiger charge is 2.25. The van der Waals surface area contributed by atoms with Crippen molar-refractivity contribution in [3.05, 3.63) is 23.2 Å². The van der Waals surface area contributed by atoms with Crippen LogP contribution < -0.4 is 5.73 Å². The summed E-state index contributed by atoms with van der Waals surface area (Å²) in [5, 5.41) is 1.47. The van der Waals surface area contributed by atoms with E-state index in [2.05, 4.69) is 13.8 Å². The normalized spacial score (nSPS) is 29.2. The summed E-state index contributed by atoms with van der Waals surface area (Å²) in [6.45, 7) is 4.70. The summed E-state index contributed by atoms with van der Waals surface area (Å²) in [5.41, 5.74) is 6.85. The van der Waals surface area contributed by atoms with Gasteiger partial charge in [-0.25, -0.2) is 0 Å². The van der Waals surface area contributed by atoms with Gasteiger partial charge in [0.1, 0.15) is 0 Å². The minimum absolute atomic E-state index is 0.689. The summed E-state index contributed by atoms with van der Waals surface area (Å²) in [4.78, 5) is 1.14. The van der Waals surface area contributed by atoms with E-state index in [0.29, 0.717) is 5.25 Å². The molecule has 1 aliphatic carbocycles. The lowest BCUT2D eigenvalue weighted by molar-refractivity contribution is 0.309. The largest absolute Gasteiger partial charge is 0.398 e. The number of thioether (sulfide) groups is 1. The first-order chi connectivity index (χ1) is 8.04. The Kier molecular flexibility index (Phi) is 4.26. The van der Waals surface area contributed by atoms with Crippen LogP contribution in [0.1, 0.15) is 33.1 Å². The van der Waals surface area contributed by atoms with Gasteiger partial charge in [0, 0.05) is 20.9 Å². The summed E-state index contributed by atoms with van der Waals surface area (Å²) in [5.74, 6) is 1.66. The predicted molar refractivity (Wildman–Crippen MR) is 77.7 cm³/mol. The molecular weight excluding hydrogens is 250 g/mol. The second-order valence-corrected chi connectivity index (χ2v) is 7.12. The Bertz CT molecular complexity index is 384. The molecule has 1 aromatic carbocycles. The summed E-state index contributed by atoms with van der Waals surface area (Å²) in [6.07, 6.45) is 3.95. The minimum Gasteiger partial charge on any atom is -0.398 e. The number of hydrogen-bond donors (Lipinski definition) is 1. The van der Waals surface area contributed by atoms with Gasteiger partial charge >= 0.3 is 0 Å². The van der Waals surface area contributed by atoms with E-state index in [1.54, 1.807) is 0 Å². The molecule has 0 saturated heterocycles. The Balaban J connectivity index is 2.07. The van der Waals surface area contributed by atoms with Crippen LogP contribution in [0.15, 0.2) is 23.1 Å². The van der Waals surface area contributed by atoms with Gasteiger partial charge in [-0.2, -0.15) is 0 Å². The predicted octanol–water partition coefficient (Wildman–Crippen LogP) is 4.84. The first kappa shape index (κ1) is 13.1. The van der Waals surface area contributed by atoms with Gasteiger partial charge in [0.2, 0.25) is 0 Å². The molecule has 1 saturated carbocycles. The fraction of sp³-hybridized carbons (Fsp3) is 0.571. The van der Waals surface area contributed by atoms with Gasteiger partial charge in [-0.3, -0.25) is 0 Å².